The molecular formula is C26H38O6. The zero-order valence-electron chi connectivity index (χ0n) is 19.8. The Hall–Kier alpha value is -1.34. The van der Waals surface area contributed by atoms with Gasteiger partial charge in [0.2, 0.25) is 0 Å². The molecule has 32 heavy (non-hydrogen) atoms. The van der Waals surface area contributed by atoms with E-state index in [1.54, 1.807) is 6.08 Å². The van der Waals surface area contributed by atoms with Gasteiger partial charge < -0.3 is 19.7 Å². The van der Waals surface area contributed by atoms with Crippen molar-refractivity contribution in [2.75, 3.05) is 26.6 Å². The molecule has 0 amide bonds. The number of aliphatic hydroxyl groups excluding tert-OH is 2. The van der Waals surface area contributed by atoms with Gasteiger partial charge in [0.25, 0.3) is 0 Å². The third-order valence-corrected chi connectivity index (χ3v) is 9.58. The Bertz CT molecular complexity index is 832. The molecule has 4 aliphatic carbocycles. The molecule has 8 atom stereocenters. The first kappa shape index (κ1) is 23.8. The summed E-state index contributed by atoms with van der Waals surface area (Å²) in [6, 6.07) is 0. The summed E-state index contributed by atoms with van der Waals surface area (Å²) in [6.45, 7) is 8.17. The van der Waals surface area contributed by atoms with Crippen LogP contribution in [0.3, 0.4) is 0 Å². The van der Waals surface area contributed by atoms with E-state index in [0.717, 1.165) is 25.7 Å². The molecule has 0 aromatic carbocycles. The average molecular weight is 447 g/mol. The standard InChI is InChI=1S/C26H38O6/c1-16-11-19-20(24(3)7-5-18(29)13-21(16)24)6-8-25(4)22(19)12-17(2)26(25,23(30)14-28)32-15-31-10-9-27/h5,7,13,16-17,19-20,22,27-28H,6,8-12,14-15H2,1-4H3/t16-,17-,19+,20-,22-,24+,25-,26-/m0/s1. The molecule has 178 valence electrons. The second-order valence-corrected chi connectivity index (χ2v) is 10.9. The summed E-state index contributed by atoms with van der Waals surface area (Å²) >= 11 is 0. The van der Waals surface area contributed by atoms with E-state index in [-0.39, 0.29) is 48.8 Å². The van der Waals surface area contributed by atoms with Crippen molar-refractivity contribution in [3.8, 4) is 0 Å². The van der Waals surface area contributed by atoms with Crippen LogP contribution in [0, 0.1) is 40.4 Å². The van der Waals surface area contributed by atoms with Crippen molar-refractivity contribution in [3.63, 3.8) is 0 Å². The van der Waals surface area contributed by atoms with E-state index < -0.39 is 17.6 Å². The lowest BCUT2D eigenvalue weighted by Crippen LogP contribution is -2.61. The predicted octanol–water partition coefficient (Wildman–Crippen LogP) is 3.07. The van der Waals surface area contributed by atoms with Crippen molar-refractivity contribution in [2.45, 2.75) is 59.0 Å². The lowest BCUT2D eigenvalue weighted by atomic mass is 9.45. The molecule has 0 radical (unpaired) electrons. The van der Waals surface area contributed by atoms with Crippen molar-refractivity contribution in [3.05, 3.63) is 23.8 Å². The number of fused-ring (bicyclic) bond motifs is 5. The van der Waals surface area contributed by atoms with E-state index in [9.17, 15) is 14.7 Å². The van der Waals surface area contributed by atoms with Gasteiger partial charge in [-0.15, -0.1) is 0 Å². The highest BCUT2D eigenvalue weighted by Crippen LogP contribution is 2.69. The highest BCUT2D eigenvalue weighted by molar-refractivity contribution is 6.01. The first-order valence-electron chi connectivity index (χ1n) is 12.1. The molecule has 0 spiro atoms. The highest BCUT2D eigenvalue weighted by Gasteiger charge is 2.70. The first-order chi connectivity index (χ1) is 15.2. The summed E-state index contributed by atoms with van der Waals surface area (Å²) in [5.74, 6) is 1.21. The van der Waals surface area contributed by atoms with Gasteiger partial charge in [0.15, 0.2) is 11.6 Å². The molecule has 0 unspecified atom stereocenters. The summed E-state index contributed by atoms with van der Waals surface area (Å²) in [5, 5.41) is 19.0. The van der Waals surface area contributed by atoms with E-state index >= 15 is 0 Å². The monoisotopic (exact) mass is 446 g/mol. The number of rotatable bonds is 7. The largest absolute Gasteiger partial charge is 0.394 e. The van der Waals surface area contributed by atoms with Gasteiger partial charge in [0.05, 0.1) is 13.2 Å². The van der Waals surface area contributed by atoms with Crippen LogP contribution in [-0.4, -0.2) is 54.0 Å². The maximum atomic E-state index is 13.3. The maximum absolute atomic E-state index is 13.3. The van der Waals surface area contributed by atoms with Crippen molar-refractivity contribution in [2.24, 2.45) is 40.4 Å². The molecule has 6 heteroatoms. The molecule has 4 aliphatic rings. The zero-order chi connectivity index (χ0) is 23.3. The summed E-state index contributed by atoms with van der Waals surface area (Å²) in [5.41, 5.74) is -0.363. The molecule has 4 rings (SSSR count). The lowest BCUT2D eigenvalue weighted by molar-refractivity contribution is -0.216. The van der Waals surface area contributed by atoms with Crippen LogP contribution < -0.4 is 0 Å². The molecule has 0 aromatic rings. The Morgan fingerprint density at radius 1 is 1.19 bits per heavy atom. The van der Waals surface area contributed by atoms with E-state index in [1.807, 2.05) is 6.08 Å². The number of hydrogen-bond donors (Lipinski definition) is 2. The zero-order valence-corrected chi connectivity index (χ0v) is 19.8. The quantitative estimate of drug-likeness (QED) is 0.461. The van der Waals surface area contributed by atoms with Crippen LogP contribution in [-0.2, 0) is 19.1 Å². The van der Waals surface area contributed by atoms with E-state index in [1.165, 1.54) is 5.57 Å². The molecule has 0 aromatic heterocycles. The van der Waals surface area contributed by atoms with Crippen LogP contribution in [0.25, 0.3) is 0 Å². The Kier molecular flexibility index (Phi) is 6.29. The van der Waals surface area contributed by atoms with Gasteiger partial charge in [0.1, 0.15) is 19.0 Å². The predicted molar refractivity (Wildman–Crippen MR) is 120 cm³/mol. The second kappa shape index (κ2) is 8.46. The number of aliphatic hydroxyl groups is 2. The van der Waals surface area contributed by atoms with E-state index in [4.69, 9.17) is 14.6 Å². The first-order valence-corrected chi connectivity index (χ1v) is 12.1. The molecule has 0 heterocycles. The van der Waals surface area contributed by atoms with Crippen molar-refractivity contribution in [1.29, 1.82) is 0 Å². The Labute approximate surface area is 191 Å². The van der Waals surface area contributed by atoms with Crippen LogP contribution in [0.1, 0.15) is 53.4 Å². The SMILES string of the molecule is C[C@H]1C[C@@H]2[C@H](CC[C@@]3(C)[C@H]2C[C@H](C)[C@]3(OCOCCO)C(=O)CO)[C@@]2(C)C=CC(=O)C=C12. The summed E-state index contributed by atoms with van der Waals surface area (Å²) < 4.78 is 11.7. The van der Waals surface area contributed by atoms with Gasteiger partial charge in [-0.3, -0.25) is 9.59 Å². The van der Waals surface area contributed by atoms with Gasteiger partial charge >= 0.3 is 0 Å². The molecule has 2 N–H and O–H groups in total. The average Bonchev–Trinajstić information content (AvgIpc) is 2.99. The maximum Gasteiger partial charge on any atom is 0.190 e. The summed E-state index contributed by atoms with van der Waals surface area (Å²) in [6.07, 6.45) is 9.36. The third kappa shape index (κ3) is 3.21. The second-order valence-electron chi connectivity index (χ2n) is 10.9. The number of ketones is 2. The number of ether oxygens (including phenoxy) is 2. The third-order valence-electron chi connectivity index (χ3n) is 9.58. The van der Waals surface area contributed by atoms with Gasteiger partial charge in [-0.2, -0.15) is 0 Å². The fourth-order valence-corrected chi connectivity index (χ4v) is 8.30. The van der Waals surface area contributed by atoms with Crippen molar-refractivity contribution < 1.29 is 29.3 Å². The van der Waals surface area contributed by atoms with Crippen LogP contribution in [0.15, 0.2) is 23.8 Å². The Balaban J connectivity index is 1.70. The Morgan fingerprint density at radius 3 is 2.62 bits per heavy atom. The van der Waals surface area contributed by atoms with Gasteiger partial charge in [-0.25, -0.2) is 0 Å². The van der Waals surface area contributed by atoms with Crippen molar-refractivity contribution in [1.82, 2.24) is 0 Å². The lowest BCUT2D eigenvalue weighted by Gasteiger charge is -2.59. The highest BCUT2D eigenvalue weighted by atomic mass is 16.7. The molecule has 6 nitrogen and oxygen atoms in total. The fraction of sp³-hybridized carbons (Fsp3) is 0.769. The normalized spacial score (nSPS) is 45.1. The molecule has 3 fully saturated rings. The molecule has 0 bridgehead atoms. The fourth-order valence-electron chi connectivity index (χ4n) is 8.30. The number of carbonyl (C=O) groups is 2. The minimum atomic E-state index is -1.09. The molecular weight excluding hydrogens is 408 g/mol. The van der Waals surface area contributed by atoms with Gasteiger partial charge in [-0.05, 0) is 67.4 Å². The molecule has 0 saturated heterocycles. The smallest absolute Gasteiger partial charge is 0.190 e. The van der Waals surface area contributed by atoms with Crippen LogP contribution >= 0.6 is 0 Å². The van der Waals surface area contributed by atoms with Gasteiger partial charge in [-0.1, -0.05) is 39.3 Å². The number of allylic oxidation sites excluding steroid dienone is 4. The van der Waals surface area contributed by atoms with Crippen LogP contribution in [0.2, 0.25) is 0 Å². The summed E-state index contributed by atoms with van der Waals surface area (Å²) in [7, 11) is 0. The molecule has 3 saturated carbocycles. The molecule has 0 aliphatic heterocycles. The van der Waals surface area contributed by atoms with Gasteiger partial charge in [0, 0.05) is 10.8 Å². The van der Waals surface area contributed by atoms with Crippen LogP contribution in [0.4, 0.5) is 0 Å². The minimum Gasteiger partial charge on any atom is -0.394 e. The number of hydrogen-bond acceptors (Lipinski definition) is 6. The van der Waals surface area contributed by atoms with Crippen LogP contribution in [0.5, 0.6) is 0 Å². The topological polar surface area (TPSA) is 93.1 Å². The summed E-state index contributed by atoms with van der Waals surface area (Å²) in [4.78, 5) is 25.4. The number of Topliss-reactive ketones (excluding diaryl/α,β-unsaturated/α-hetero) is 1. The number of carbonyl (C=O) groups excluding carboxylic acids is 2. The Morgan fingerprint density at radius 2 is 1.94 bits per heavy atom. The van der Waals surface area contributed by atoms with Crippen molar-refractivity contribution >= 4 is 11.6 Å². The van der Waals surface area contributed by atoms with E-state index in [0.29, 0.717) is 17.8 Å². The minimum absolute atomic E-state index is 0.0443. The van der Waals surface area contributed by atoms with E-state index in [2.05, 4.69) is 33.8 Å².